The molecule has 110 valence electrons. The third kappa shape index (κ3) is 4.53. The summed E-state index contributed by atoms with van der Waals surface area (Å²) in [7, 11) is -3.26. The van der Waals surface area contributed by atoms with E-state index in [2.05, 4.69) is 0 Å². The van der Waals surface area contributed by atoms with Crippen molar-refractivity contribution in [1.82, 2.24) is 4.90 Å². The molecule has 1 saturated heterocycles. The Kier molecular flexibility index (Phi) is 6.39. The Morgan fingerprint density at radius 3 is 2.47 bits per heavy atom. The molecule has 1 rings (SSSR count). The van der Waals surface area contributed by atoms with Crippen molar-refractivity contribution in [1.29, 1.82) is 0 Å². The first-order valence-electron chi connectivity index (χ1n) is 6.34. The summed E-state index contributed by atoms with van der Waals surface area (Å²) in [5.41, 5.74) is 0. The number of carboxylic acid groups (broad SMARTS) is 1. The Bertz CT molecular complexity index is 379. The maximum atomic E-state index is 12.4. The zero-order chi connectivity index (χ0) is 14.5. The summed E-state index contributed by atoms with van der Waals surface area (Å²) in [5.74, 6) is -0.900. The van der Waals surface area contributed by atoms with Gasteiger partial charge in [-0.2, -0.15) is 0 Å². The number of likely N-dealkylation sites (tertiary alicyclic amines) is 1. The highest BCUT2D eigenvalue weighted by molar-refractivity contribution is 7.81. The van der Waals surface area contributed by atoms with Gasteiger partial charge in [0, 0.05) is 6.54 Å². The summed E-state index contributed by atoms with van der Waals surface area (Å²) in [6.07, 6.45) is 1.29. The molecule has 1 N–H and O–H groups in total. The van der Waals surface area contributed by atoms with Gasteiger partial charge >= 0.3 is 13.6 Å². The lowest BCUT2D eigenvalue weighted by atomic mass is 10.2. The van der Waals surface area contributed by atoms with Gasteiger partial charge in [-0.25, -0.2) is 4.79 Å². The molecule has 0 aromatic rings. The van der Waals surface area contributed by atoms with E-state index in [0.29, 0.717) is 18.0 Å². The third-order valence-corrected chi connectivity index (χ3v) is 5.42. The summed E-state index contributed by atoms with van der Waals surface area (Å²) in [4.78, 5) is 13.1. The van der Waals surface area contributed by atoms with Crippen LogP contribution in [0.4, 0.5) is 0 Å². The SMILES string of the molecule is CCOP(=O)(CC(=S)N1CCC[C@@H]1C(=O)O)OCC. The highest BCUT2D eigenvalue weighted by atomic mass is 32.1. The molecule has 6 nitrogen and oxygen atoms in total. The van der Waals surface area contributed by atoms with Crippen molar-refractivity contribution >= 4 is 30.8 Å². The molecule has 0 bridgehead atoms. The van der Waals surface area contributed by atoms with Crippen LogP contribution in [0.1, 0.15) is 26.7 Å². The number of rotatable bonds is 7. The van der Waals surface area contributed by atoms with Crippen LogP contribution < -0.4 is 0 Å². The Morgan fingerprint density at radius 1 is 1.42 bits per heavy atom. The summed E-state index contributed by atoms with van der Waals surface area (Å²) >= 11 is 5.22. The molecule has 1 atom stereocenters. The normalized spacial score (nSPS) is 19.7. The number of hydrogen-bond donors (Lipinski definition) is 1. The highest BCUT2D eigenvalue weighted by Gasteiger charge is 2.35. The molecule has 0 aromatic heterocycles. The van der Waals surface area contributed by atoms with Crippen LogP contribution in [0, 0.1) is 0 Å². The Balaban J connectivity index is 2.71. The van der Waals surface area contributed by atoms with Crippen LogP contribution >= 0.6 is 19.8 Å². The summed E-state index contributed by atoms with van der Waals surface area (Å²) in [6, 6.07) is -0.621. The predicted molar refractivity (Wildman–Crippen MR) is 75.7 cm³/mol. The van der Waals surface area contributed by atoms with Gasteiger partial charge in [0.1, 0.15) is 12.2 Å². The van der Waals surface area contributed by atoms with E-state index < -0.39 is 19.6 Å². The van der Waals surface area contributed by atoms with Gasteiger partial charge in [0.15, 0.2) is 0 Å². The summed E-state index contributed by atoms with van der Waals surface area (Å²) in [6.45, 7) is 4.56. The van der Waals surface area contributed by atoms with Crippen LogP contribution in [0.2, 0.25) is 0 Å². The van der Waals surface area contributed by atoms with Gasteiger partial charge in [0.2, 0.25) is 0 Å². The minimum absolute atomic E-state index is 0.0339. The fourth-order valence-corrected chi connectivity index (χ4v) is 4.35. The number of carbonyl (C=O) groups is 1. The van der Waals surface area contributed by atoms with Gasteiger partial charge in [-0.1, -0.05) is 12.2 Å². The monoisotopic (exact) mass is 309 g/mol. The molecule has 1 heterocycles. The lowest BCUT2D eigenvalue weighted by Crippen LogP contribution is -2.41. The van der Waals surface area contributed by atoms with Crippen LogP contribution in [-0.2, 0) is 18.4 Å². The van der Waals surface area contributed by atoms with Crippen molar-refractivity contribution in [2.45, 2.75) is 32.7 Å². The van der Waals surface area contributed by atoms with Gasteiger partial charge in [-0.15, -0.1) is 0 Å². The number of nitrogens with zero attached hydrogens (tertiary/aromatic N) is 1. The molecular formula is C11H20NO5PS. The molecule has 1 aliphatic rings. The van der Waals surface area contributed by atoms with Crippen LogP contribution in [0.25, 0.3) is 0 Å². The Labute approximate surface area is 118 Å². The maximum absolute atomic E-state index is 12.4. The zero-order valence-electron chi connectivity index (χ0n) is 11.2. The smallest absolute Gasteiger partial charge is 0.337 e. The van der Waals surface area contributed by atoms with E-state index in [1.807, 2.05) is 0 Å². The van der Waals surface area contributed by atoms with E-state index in [1.54, 1.807) is 18.7 Å². The molecule has 0 spiro atoms. The van der Waals surface area contributed by atoms with Crippen LogP contribution in [0.5, 0.6) is 0 Å². The number of carboxylic acids is 1. The van der Waals surface area contributed by atoms with Crippen LogP contribution in [-0.4, -0.2) is 52.9 Å². The van der Waals surface area contributed by atoms with E-state index in [0.717, 1.165) is 6.42 Å². The Hall–Kier alpha value is -0.490. The molecule has 0 amide bonds. The molecule has 0 radical (unpaired) electrons. The second-order valence-corrected chi connectivity index (χ2v) is 6.71. The zero-order valence-corrected chi connectivity index (χ0v) is 12.9. The Morgan fingerprint density at radius 2 is 2.00 bits per heavy atom. The fraction of sp³-hybridized carbons (Fsp3) is 0.818. The fourth-order valence-electron chi connectivity index (χ4n) is 2.10. The van der Waals surface area contributed by atoms with E-state index in [4.69, 9.17) is 26.4 Å². The second-order valence-electron chi connectivity index (χ2n) is 4.19. The molecule has 1 aliphatic heterocycles. The van der Waals surface area contributed by atoms with Gasteiger partial charge < -0.3 is 19.1 Å². The van der Waals surface area contributed by atoms with E-state index in [-0.39, 0.29) is 19.4 Å². The molecular weight excluding hydrogens is 289 g/mol. The molecule has 0 aromatic carbocycles. The topological polar surface area (TPSA) is 76.1 Å². The first kappa shape index (κ1) is 16.6. The number of thiocarbonyl (C=S) groups is 1. The first-order valence-corrected chi connectivity index (χ1v) is 8.47. The van der Waals surface area contributed by atoms with Crippen molar-refractivity contribution in [3.05, 3.63) is 0 Å². The van der Waals surface area contributed by atoms with Crippen molar-refractivity contribution in [3.63, 3.8) is 0 Å². The summed E-state index contributed by atoms with van der Waals surface area (Å²) < 4.78 is 22.7. The van der Waals surface area contributed by atoms with Crippen LogP contribution in [0.15, 0.2) is 0 Å². The molecule has 8 heteroatoms. The van der Waals surface area contributed by atoms with Crippen LogP contribution in [0.3, 0.4) is 0 Å². The largest absolute Gasteiger partial charge is 0.480 e. The minimum atomic E-state index is -3.26. The number of hydrogen-bond acceptors (Lipinski definition) is 5. The van der Waals surface area contributed by atoms with Crippen molar-refractivity contribution < 1.29 is 23.5 Å². The van der Waals surface area contributed by atoms with Gasteiger partial charge in [-0.3, -0.25) is 4.57 Å². The van der Waals surface area contributed by atoms with E-state index in [9.17, 15) is 9.36 Å². The van der Waals surface area contributed by atoms with Crippen molar-refractivity contribution in [2.75, 3.05) is 25.9 Å². The number of aliphatic carboxylic acids is 1. The molecule has 0 saturated carbocycles. The lowest BCUT2D eigenvalue weighted by molar-refractivity contribution is -0.140. The molecule has 1 fully saturated rings. The third-order valence-electron chi connectivity index (χ3n) is 2.84. The molecule has 0 unspecified atom stereocenters. The predicted octanol–water partition coefficient (Wildman–Crippen LogP) is 2.13. The molecule has 0 aliphatic carbocycles. The average molecular weight is 309 g/mol. The first-order chi connectivity index (χ1) is 8.93. The van der Waals surface area contributed by atoms with Crippen molar-refractivity contribution in [2.24, 2.45) is 0 Å². The average Bonchev–Trinajstić information content (AvgIpc) is 2.77. The maximum Gasteiger partial charge on any atom is 0.337 e. The van der Waals surface area contributed by atoms with Crippen molar-refractivity contribution in [3.8, 4) is 0 Å². The quantitative estimate of drug-likeness (QED) is 0.570. The summed E-state index contributed by atoms with van der Waals surface area (Å²) in [5, 5.41) is 9.10. The van der Waals surface area contributed by atoms with Gasteiger partial charge in [0.25, 0.3) is 0 Å². The van der Waals surface area contributed by atoms with E-state index in [1.165, 1.54) is 0 Å². The van der Waals surface area contributed by atoms with E-state index >= 15 is 0 Å². The van der Waals surface area contributed by atoms with Gasteiger partial charge in [-0.05, 0) is 26.7 Å². The van der Waals surface area contributed by atoms with Gasteiger partial charge in [0.05, 0.1) is 18.2 Å². The minimum Gasteiger partial charge on any atom is -0.480 e. The lowest BCUT2D eigenvalue weighted by Gasteiger charge is -2.26. The second kappa shape index (κ2) is 7.33. The molecule has 19 heavy (non-hydrogen) atoms. The standard InChI is InChI=1S/C11H20NO5PS/c1-3-16-18(15,17-4-2)8-10(19)12-7-5-6-9(12)11(13)14/h9H,3-8H2,1-2H3,(H,13,14)/t9-/m1/s1. The highest BCUT2D eigenvalue weighted by Crippen LogP contribution is 2.48.